The zero-order valence-electron chi connectivity index (χ0n) is 11.3. The maximum absolute atomic E-state index is 5.10. The first-order valence-electron chi connectivity index (χ1n) is 6.14. The fourth-order valence-electron chi connectivity index (χ4n) is 1.95. The van der Waals surface area contributed by atoms with Crippen molar-refractivity contribution in [1.82, 2.24) is 25.2 Å². The molecule has 0 aliphatic heterocycles. The lowest BCUT2D eigenvalue weighted by atomic mass is 10.2. The van der Waals surface area contributed by atoms with E-state index in [1.165, 1.54) is 5.56 Å². The lowest BCUT2D eigenvalue weighted by molar-refractivity contribution is 0.374. The molecular formula is C12H19N5O. The fourth-order valence-corrected chi connectivity index (χ4v) is 1.95. The fraction of sp³-hybridized carbons (Fsp3) is 0.583. The van der Waals surface area contributed by atoms with Crippen molar-refractivity contribution in [3.8, 4) is 0 Å². The number of nitrogens with one attached hydrogen (secondary N) is 1. The Kier molecular flexibility index (Phi) is 3.76. The van der Waals surface area contributed by atoms with Crippen LogP contribution >= 0.6 is 0 Å². The van der Waals surface area contributed by atoms with E-state index in [9.17, 15) is 0 Å². The highest BCUT2D eigenvalue weighted by molar-refractivity contribution is 5.24. The van der Waals surface area contributed by atoms with E-state index in [0.717, 1.165) is 24.4 Å². The first-order valence-corrected chi connectivity index (χ1v) is 6.14. The summed E-state index contributed by atoms with van der Waals surface area (Å²) in [4.78, 5) is 4.30. The summed E-state index contributed by atoms with van der Waals surface area (Å²) in [6, 6.07) is 0. The summed E-state index contributed by atoms with van der Waals surface area (Å²) in [5.74, 6) is 1.34. The molecule has 0 radical (unpaired) electrons. The zero-order chi connectivity index (χ0) is 13.1. The van der Waals surface area contributed by atoms with Crippen molar-refractivity contribution >= 4 is 0 Å². The third kappa shape index (κ3) is 2.43. The summed E-state index contributed by atoms with van der Waals surface area (Å²) in [6.07, 6.45) is 0.759. The molecule has 0 saturated heterocycles. The van der Waals surface area contributed by atoms with E-state index < -0.39 is 0 Å². The van der Waals surface area contributed by atoms with Gasteiger partial charge in [0, 0.05) is 24.2 Å². The van der Waals surface area contributed by atoms with Crippen molar-refractivity contribution in [2.45, 2.75) is 40.3 Å². The minimum Gasteiger partial charge on any atom is -0.339 e. The van der Waals surface area contributed by atoms with Gasteiger partial charge in [0.05, 0.1) is 5.69 Å². The van der Waals surface area contributed by atoms with Crippen LogP contribution in [0, 0.1) is 13.8 Å². The highest BCUT2D eigenvalue weighted by Gasteiger charge is 2.13. The Labute approximate surface area is 106 Å². The molecule has 0 aromatic carbocycles. The normalized spacial score (nSPS) is 11.1. The highest BCUT2D eigenvalue weighted by Crippen LogP contribution is 2.13. The van der Waals surface area contributed by atoms with Gasteiger partial charge in [-0.2, -0.15) is 10.1 Å². The maximum Gasteiger partial charge on any atom is 0.226 e. The van der Waals surface area contributed by atoms with Crippen LogP contribution in [0.2, 0.25) is 0 Å². The summed E-state index contributed by atoms with van der Waals surface area (Å²) in [5, 5.41) is 11.6. The van der Waals surface area contributed by atoms with Crippen LogP contribution in [0.1, 0.15) is 35.6 Å². The third-order valence-electron chi connectivity index (χ3n) is 2.99. The second-order valence-electron chi connectivity index (χ2n) is 4.30. The molecule has 2 heterocycles. The van der Waals surface area contributed by atoms with Gasteiger partial charge in [0.25, 0.3) is 0 Å². The lowest BCUT2D eigenvalue weighted by Crippen LogP contribution is -2.09. The van der Waals surface area contributed by atoms with Crippen LogP contribution in [0.3, 0.4) is 0 Å². The van der Waals surface area contributed by atoms with E-state index in [0.29, 0.717) is 18.3 Å². The van der Waals surface area contributed by atoms with Crippen molar-refractivity contribution < 1.29 is 4.52 Å². The minimum atomic E-state index is 0.555. The summed E-state index contributed by atoms with van der Waals surface area (Å²) in [7, 11) is 1.93. The molecule has 0 aliphatic carbocycles. The van der Waals surface area contributed by atoms with Gasteiger partial charge in [0.2, 0.25) is 5.89 Å². The molecule has 18 heavy (non-hydrogen) atoms. The van der Waals surface area contributed by atoms with Gasteiger partial charge in [-0.05, 0) is 20.9 Å². The standard InChI is InChI=1S/C12H19N5O/c1-5-12-14-11(16-18-12)7-17-9(3)10(6-13-4)8(2)15-17/h13H,5-7H2,1-4H3. The number of rotatable bonds is 5. The van der Waals surface area contributed by atoms with E-state index in [1.54, 1.807) is 0 Å². The van der Waals surface area contributed by atoms with E-state index in [1.807, 2.05) is 25.6 Å². The quantitative estimate of drug-likeness (QED) is 0.862. The molecule has 0 spiro atoms. The molecule has 6 heteroatoms. The molecule has 2 aromatic rings. The molecule has 6 nitrogen and oxygen atoms in total. The largest absolute Gasteiger partial charge is 0.339 e. The van der Waals surface area contributed by atoms with Crippen LogP contribution < -0.4 is 5.32 Å². The van der Waals surface area contributed by atoms with Gasteiger partial charge in [0.1, 0.15) is 6.54 Å². The predicted octanol–water partition coefficient (Wildman–Crippen LogP) is 1.21. The van der Waals surface area contributed by atoms with Crippen molar-refractivity contribution in [2.24, 2.45) is 0 Å². The Morgan fingerprint density at radius 1 is 1.33 bits per heavy atom. The molecule has 0 amide bonds. The first kappa shape index (κ1) is 12.8. The molecular weight excluding hydrogens is 230 g/mol. The molecule has 0 bridgehead atoms. The Hall–Kier alpha value is -1.69. The topological polar surface area (TPSA) is 68.8 Å². The van der Waals surface area contributed by atoms with Crippen LogP contribution in [-0.4, -0.2) is 27.0 Å². The van der Waals surface area contributed by atoms with Crippen molar-refractivity contribution in [3.63, 3.8) is 0 Å². The second kappa shape index (κ2) is 5.30. The summed E-state index contributed by atoms with van der Waals surface area (Å²) >= 11 is 0. The predicted molar refractivity (Wildman–Crippen MR) is 67.2 cm³/mol. The van der Waals surface area contributed by atoms with Gasteiger partial charge in [-0.1, -0.05) is 12.1 Å². The summed E-state index contributed by atoms with van der Waals surface area (Å²) in [6.45, 7) is 7.45. The molecule has 2 aromatic heterocycles. The maximum atomic E-state index is 5.10. The molecule has 1 N–H and O–H groups in total. The Morgan fingerprint density at radius 2 is 2.11 bits per heavy atom. The van der Waals surface area contributed by atoms with Gasteiger partial charge in [-0.15, -0.1) is 0 Å². The van der Waals surface area contributed by atoms with Gasteiger partial charge in [0.15, 0.2) is 5.82 Å². The van der Waals surface area contributed by atoms with Crippen LogP contribution in [0.25, 0.3) is 0 Å². The average molecular weight is 249 g/mol. The minimum absolute atomic E-state index is 0.555. The lowest BCUT2D eigenvalue weighted by Gasteiger charge is -2.02. The Morgan fingerprint density at radius 3 is 2.72 bits per heavy atom. The number of hydrogen-bond acceptors (Lipinski definition) is 5. The second-order valence-corrected chi connectivity index (χ2v) is 4.30. The van der Waals surface area contributed by atoms with E-state index >= 15 is 0 Å². The van der Waals surface area contributed by atoms with Gasteiger partial charge in [-0.25, -0.2) is 0 Å². The van der Waals surface area contributed by atoms with Crippen LogP contribution in [0.4, 0.5) is 0 Å². The third-order valence-corrected chi connectivity index (χ3v) is 2.99. The van der Waals surface area contributed by atoms with E-state index in [-0.39, 0.29) is 0 Å². The highest BCUT2D eigenvalue weighted by atomic mass is 16.5. The number of aromatic nitrogens is 4. The van der Waals surface area contributed by atoms with Crippen LogP contribution in [0.15, 0.2) is 4.52 Å². The molecule has 2 rings (SSSR count). The van der Waals surface area contributed by atoms with Crippen LogP contribution in [0.5, 0.6) is 0 Å². The molecule has 0 aliphatic rings. The van der Waals surface area contributed by atoms with Crippen molar-refractivity contribution in [3.05, 3.63) is 28.7 Å². The molecule has 0 saturated carbocycles. The monoisotopic (exact) mass is 249 g/mol. The van der Waals surface area contributed by atoms with E-state index in [2.05, 4.69) is 27.5 Å². The SMILES string of the molecule is CCc1nc(Cn2nc(C)c(CNC)c2C)no1. The molecule has 0 unspecified atom stereocenters. The average Bonchev–Trinajstić information content (AvgIpc) is 2.90. The van der Waals surface area contributed by atoms with Gasteiger partial charge >= 0.3 is 0 Å². The van der Waals surface area contributed by atoms with Gasteiger partial charge < -0.3 is 9.84 Å². The smallest absolute Gasteiger partial charge is 0.226 e. The van der Waals surface area contributed by atoms with E-state index in [4.69, 9.17) is 4.52 Å². The first-order chi connectivity index (χ1) is 8.65. The number of aryl methyl sites for hydroxylation is 2. The summed E-state index contributed by atoms with van der Waals surface area (Å²) in [5.41, 5.74) is 3.42. The molecule has 0 atom stereocenters. The van der Waals surface area contributed by atoms with Crippen molar-refractivity contribution in [1.29, 1.82) is 0 Å². The molecule has 0 fully saturated rings. The number of nitrogens with zero attached hydrogens (tertiary/aromatic N) is 4. The summed E-state index contributed by atoms with van der Waals surface area (Å²) < 4.78 is 7.02. The number of hydrogen-bond donors (Lipinski definition) is 1. The van der Waals surface area contributed by atoms with Crippen molar-refractivity contribution in [2.75, 3.05) is 7.05 Å². The van der Waals surface area contributed by atoms with Gasteiger partial charge in [-0.3, -0.25) is 4.68 Å². The van der Waals surface area contributed by atoms with Crippen LogP contribution in [-0.2, 0) is 19.5 Å². The molecule has 98 valence electrons. The Balaban J connectivity index is 2.21. The Bertz CT molecular complexity index is 529. The zero-order valence-corrected chi connectivity index (χ0v) is 11.3.